The Labute approximate surface area is 118 Å². The van der Waals surface area contributed by atoms with Crippen LogP contribution in [0.25, 0.3) is 11.0 Å². The molecule has 0 bridgehead atoms. The van der Waals surface area contributed by atoms with E-state index in [-0.39, 0.29) is 18.0 Å². The first-order valence-electron chi connectivity index (χ1n) is 7.18. The Bertz CT molecular complexity index is 591. The molecule has 3 nitrogen and oxygen atoms in total. The molecular formula is C16H20FNO2. The monoisotopic (exact) mass is 277 g/mol. The molecule has 1 fully saturated rings. The summed E-state index contributed by atoms with van der Waals surface area (Å²) >= 11 is 0. The highest BCUT2D eigenvalue weighted by atomic mass is 19.1. The van der Waals surface area contributed by atoms with Crippen molar-refractivity contribution in [3.8, 4) is 0 Å². The van der Waals surface area contributed by atoms with E-state index in [1.165, 1.54) is 25.0 Å². The Balaban J connectivity index is 1.95. The summed E-state index contributed by atoms with van der Waals surface area (Å²) in [6.07, 6.45) is 2.52. The minimum Gasteiger partial charge on any atom is -0.459 e. The Kier molecular flexibility index (Phi) is 3.76. The third-order valence-electron chi connectivity index (χ3n) is 3.92. The molecule has 4 heteroatoms. The smallest absolute Gasteiger partial charge is 0.134 e. The fraction of sp³-hybridized carbons (Fsp3) is 0.500. The normalized spacial score (nSPS) is 18.4. The zero-order valence-corrected chi connectivity index (χ0v) is 11.9. The fourth-order valence-electron chi connectivity index (χ4n) is 2.81. The van der Waals surface area contributed by atoms with Crippen molar-refractivity contribution >= 4 is 11.0 Å². The molecule has 0 amide bonds. The van der Waals surface area contributed by atoms with Gasteiger partial charge in [-0.2, -0.15) is 0 Å². The molecule has 1 aromatic heterocycles. The summed E-state index contributed by atoms with van der Waals surface area (Å²) < 4.78 is 24.8. The second-order valence-electron chi connectivity index (χ2n) is 5.40. The van der Waals surface area contributed by atoms with Crippen LogP contribution < -0.4 is 5.32 Å². The van der Waals surface area contributed by atoms with E-state index in [2.05, 4.69) is 12.2 Å². The van der Waals surface area contributed by atoms with Gasteiger partial charge in [-0.05, 0) is 49.6 Å². The lowest BCUT2D eigenvalue weighted by Crippen LogP contribution is -2.34. The van der Waals surface area contributed by atoms with Gasteiger partial charge in [0, 0.05) is 12.5 Å². The van der Waals surface area contributed by atoms with Gasteiger partial charge >= 0.3 is 0 Å². The first kappa shape index (κ1) is 13.6. The SMILES string of the molecule is CCNC(c1cc2cc(F)ccc2o1)C(OC)C1CC1. The van der Waals surface area contributed by atoms with E-state index >= 15 is 0 Å². The zero-order valence-electron chi connectivity index (χ0n) is 11.9. The van der Waals surface area contributed by atoms with Crippen molar-refractivity contribution in [2.75, 3.05) is 13.7 Å². The number of furan rings is 1. The van der Waals surface area contributed by atoms with Crippen molar-refractivity contribution in [1.29, 1.82) is 0 Å². The quantitative estimate of drug-likeness (QED) is 0.875. The molecule has 0 saturated heterocycles. The second kappa shape index (κ2) is 5.54. The number of hydrogen-bond acceptors (Lipinski definition) is 3. The molecule has 1 aliphatic carbocycles. The van der Waals surface area contributed by atoms with Crippen LogP contribution >= 0.6 is 0 Å². The van der Waals surface area contributed by atoms with E-state index < -0.39 is 0 Å². The maximum atomic E-state index is 13.3. The number of benzene rings is 1. The van der Waals surface area contributed by atoms with Crippen molar-refractivity contribution in [1.82, 2.24) is 5.32 Å². The number of nitrogens with one attached hydrogen (secondary N) is 1. The highest BCUT2D eigenvalue weighted by molar-refractivity contribution is 5.78. The number of likely N-dealkylation sites (N-methyl/N-ethyl adjacent to an activating group) is 1. The maximum Gasteiger partial charge on any atom is 0.134 e. The Morgan fingerprint density at radius 3 is 2.85 bits per heavy atom. The van der Waals surface area contributed by atoms with E-state index in [0.717, 1.165) is 23.3 Å². The summed E-state index contributed by atoms with van der Waals surface area (Å²) in [4.78, 5) is 0. The van der Waals surface area contributed by atoms with Crippen LogP contribution in [-0.2, 0) is 4.74 Å². The molecule has 1 heterocycles. The third kappa shape index (κ3) is 2.58. The van der Waals surface area contributed by atoms with Crippen molar-refractivity contribution in [3.63, 3.8) is 0 Å². The summed E-state index contributed by atoms with van der Waals surface area (Å²) in [5.74, 6) is 1.18. The van der Waals surface area contributed by atoms with Crippen LogP contribution in [-0.4, -0.2) is 19.8 Å². The van der Waals surface area contributed by atoms with E-state index in [4.69, 9.17) is 9.15 Å². The molecule has 2 unspecified atom stereocenters. The van der Waals surface area contributed by atoms with E-state index in [9.17, 15) is 4.39 Å². The summed E-state index contributed by atoms with van der Waals surface area (Å²) in [6.45, 7) is 2.90. The number of fused-ring (bicyclic) bond motifs is 1. The molecule has 1 N–H and O–H groups in total. The van der Waals surface area contributed by atoms with Crippen LogP contribution in [0.15, 0.2) is 28.7 Å². The van der Waals surface area contributed by atoms with Gasteiger partial charge in [0.15, 0.2) is 0 Å². The molecule has 108 valence electrons. The van der Waals surface area contributed by atoms with Crippen molar-refractivity contribution in [3.05, 3.63) is 35.8 Å². The second-order valence-corrected chi connectivity index (χ2v) is 5.40. The molecule has 20 heavy (non-hydrogen) atoms. The van der Waals surface area contributed by atoms with Gasteiger partial charge in [0.05, 0.1) is 12.1 Å². The molecule has 2 aromatic rings. The molecule has 1 aliphatic rings. The molecule has 2 atom stereocenters. The summed E-state index contributed by atoms with van der Waals surface area (Å²) in [5.41, 5.74) is 0.718. The third-order valence-corrected chi connectivity index (χ3v) is 3.92. The summed E-state index contributed by atoms with van der Waals surface area (Å²) in [7, 11) is 1.75. The van der Waals surface area contributed by atoms with Gasteiger partial charge in [-0.15, -0.1) is 0 Å². The van der Waals surface area contributed by atoms with E-state index in [1.54, 1.807) is 13.2 Å². The number of ether oxygens (including phenoxy) is 1. The maximum absolute atomic E-state index is 13.3. The first-order valence-corrected chi connectivity index (χ1v) is 7.18. The predicted octanol–water partition coefficient (Wildman–Crippen LogP) is 3.65. The average molecular weight is 277 g/mol. The van der Waals surface area contributed by atoms with Crippen LogP contribution in [0.5, 0.6) is 0 Å². The van der Waals surface area contributed by atoms with Gasteiger partial charge < -0.3 is 14.5 Å². The summed E-state index contributed by atoms with van der Waals surface area (Å²) in [5, 5.41) is 4.23. The molecule has 0 spiro atoms. The fourth-order valence-corrected chi connectivity index (χ4v) is 2.81. The molecule has 0 radical (unpaired) electrons. The first-order chi connectivity index (χ1) is 9.72. The van der Waals surface area contributed by atoms with Gasteiger partial charge in [-0.25, -0.2) is 4.39 Å². The molecular weight excluding hydrogens is 257 g/mol. The van der Waals surface area contributed by atoms with Gasteiger partial charge in [-0.1, -0.05) is 6.92 Å². The summed E-state index contributed by atoms with van der Waals surface area (Å²) in [6, 6.07) is 6.54. The minimum atomic E-state index is -0.240. The topological polar surface area (TPSA) is 34.4 Å². The Morgan fingerprint density at radius 2 is 2.20 bits per heavy atom. The van der Waals surface area contributed by atoms with Crippen LogP contribution in [0.3, 0.4) is 0 Å². The van der Waals surface area contributed by atoms with Gasteiger partial charge in [-0.3, -0.25) is 0 Å². The largest absolute Gasteiger partial charge is 0.459 e. The number of halogens is 1. The average Bonchev–Trinajstić information content (AvgIpc) is 3.18. The lowest BCUT2D eigenvalue weighted by atomic mass is 10.0. The van der Waals surface area contributed by atoms with Crippen LogP contribution in [0.2, 0.25) is 0 Å². The Morgan fingerprint density at radius 1 is 1.40 bits per heavy atom. The predicted molar refractivity (Wildman–Crippen MR) is 76.1 cm³/mol. The van der Waals surface area contributed by atoms with Gasteiger partial charge in [0.25, 0.3) is 0 Å². The molecule has 3 rings (SSSR count). The molecule has 0 aliphatic heterocycles. The zero-order chi connectivity index (χ0) is 14.1. The molecule has 1 saturated carbocycles. The van der Waals surface area contributed by atoms with Gasteiger partial charge in [0.2, 0.25) is 0 Å². The van der Waals surface area contributed by atoms with Gasteiger partial charge in [0.1, 0.15) is 17.2 Å². The lowest BCUT2D eigenvalue weighted by molar-refractivity contribution is 0.0450. The Hall–Kier alpha value is -1.39. The number of rotatable bonds is 6. The van der Waals surface area contributed by atoms with E-state index in [1.807, 2.05) is 6.07 Å². The van der Waals surface area contributed by atoms with Crippen LogP contribution in [0.1, 0.15) is 31.6 Å². The van der Waals surface area contributed by atoms with E-state index in [0.29, 0.717) is 5.92 Å². The highest BCUT2D eigenvalue weighted by Crippen LogP contribution is 2.40. The van der Waals surface area contributed by atoms with Crippen LogP contribution in [0, 0.1) is 11.7 Å². The van der Waals surface area contributed by atoms with Crippen molar-refractivity contribution in [2.24, 2.45) is 5.92 Å². The number of hydrogen-bond donors (Lipinski definition) is 1. The minimum absolute atomic E-state index is 0.0213. The molecule has 1 aromatic carbocycles. The lowest BCUT2D eigenvalue weighted by Gasteiger charge is -2.25. The van der Waals surface area contributed by atoms with Crippen molar-refractivity contribution in [2.45, 2.75) is 31.9 Å². The highest BCUT2D eigenvalue weighted by Gasteiger charge is 2.38. The van der Waals surface area contributed by atoms with Crippen LogP contribution in [0.4, 0.5) is 4.39 Å². The number of methoxy groups -OCH3 is 1. The van der Waals surface area contributed by atoms with Crippen molar-refractivity contribution < 1.29 is 13.5 Å². The standard InChI is InChI=1S/C16H20FNO2/c1-3-18-15(16(19-2)10-4-5-10)14-9-11-8-12(17)6-7-13(11)20-14/h6-10,15-16,18H,3-5H2,1-2H3.